The predicted octanol–water partition coefficient (Wildman–Crippen LogP) is 3.17. The second-order valence-electron chi connectivity index (χ2n) is 6.48. The van der Waals surface area contributed by atoms with E-state index < -0.39 is 5.97 Å². The number of nitrogens with one attached hydrogen (secondary N) is 1. The first-order valence-electron chi connectivity index (χ1n) is 8.33. The summed E-state index contributed by atoms with van der Waals surface area (Å²) in [6.07, 6.45) is 0.981. The lowest BCUT2D eigenvalue weighted by Gasteiger charge is -2.32. The van der Waals surface area contributed by atoms with Gasteiger partial charge in [0.15, 0.2) is 0 Å². The summed E-state index contributed by atoms with van der Waals surface area (Å²) in [5, 5.41) is 11.7. The van der Waals surface area contributed by atoms with Crippen LogP contribution in [0.15, 0.2) is 48.5 Å². The summed E-state index contributed by atoms with van der Waals surface area (Å²) in [4.78, 5) is 23.1. The number of carboxylic acids is 1. The maximum Gasteiger partial charge on any atom is 0.306 e. The Morgan fingerprint density at radius 2 is 1.92 bits per heavy atom. The van der Waals surface area contributed by atoms with Crippen molar-refractivity contribution in [3.05, 3.63) is 65.2 Å². The lowest BCUT2D eigenvalue weighted by molar-refractivity contribution is -0.145. The number of hydrogen-bond donors (Lipinski definition) is 2. The number of hydrogen-bond acceptors (Lipinski definition) is 3. The third-order valence-electron chi connectivity index (χ3n) is 4.41. The quantitative estimate of drug-likeness (QED) is 0.848. The van der Waals surface area contributed by atoms with Gasteiger partial charge in [0.05, 0.1) is 5.92 Å². The van der Waals surface area contributed by atoms with E-state index >= 15 is 0 Å². The Morgan fingerprint density at radius 3 is 2.64 bits per heavy atom. The smallest absolute Gasteiger partial charge is 0.306 e. The predicted molar refractivity (Wildman–Crippen MR) is 93.6 cm³/mol. The minimum Gasteiger partial charge on any atom is -0.489 e. The van der Waals surface area contributed by atoms with Crippen molar-refractivity contribution in [2.75, 3.05) is 0 Å². The molecular formula is C20H21NO4. The number of carboxylic acid groups (broad SMARTS) is 1. The second kappa shape index (κ2) is 7.38. The molecule has 0 heterocycles. The number of rotatable bonds is 6. The van der Waals surface area contributed by atoms with E-state index in [1.54, 1.807) is 18.2 Å². The molecule has 1 saturated carbocycles. The zero-order valence-electron chi connectivity index (χ0n) is 14.1. The molecular weight excluding hydrogens is 318 g/mol. The summed E-state index contributed by atoms with van der Waals surface area (Å²) in [6, 6.07) is 15.0. The molecule has 130 valence electrons. The molecule has 5 nitrogen and oxygen atoms in total. The third kappa shape index (κ3) is 4.38. The molecule has 3 rings (SSSR count). The van der Waals surface area contributed by atoms with Crippen LogP contribution >= 0.6 is 0 Å². The van der Waals surface area contributed by atoms with Crippen LogP contribution in [0.3, 0.4) is 0 Å². The van der Waals surface area contributed by atoms with Gasteiger partial charge in [0.25, 0.3) is 5.91 Å². The standard InChI is InChI=1S/C20H21NO4/c1-13-4-2-5-14(8-13)12-25-18-7-3-6-15(11-18)19(22)21-17-9-16(10-17)20(23)24/h2-8,11,16-17H,9-10,12H2,1H3,(H,21,22)(H,23,24). The van der Waals surface area contributed by atoms with E-state index in [-0.39, 0.29) is 17.9 Å². The maximum atomic E-state index is 12.3. The number of ether oxygens (including phenoxy) is 1. The topological polar surface area (TPSA) is 75.6 Å². The van der Waals surface area contributed by atoms with E-state index in [1.165, 1.54) is 5.56 Å². The van der Waals surface area contributed by atoms with Crippen molar-refractivity contribution < 1.29 is 19.4 Å². The van der Waals surface area contributed by atoms with Gasteiger partial charge in [0.1, 0.15) is 12.4 Å². The molecule has 0 bridgehead atoms. The Labute approximate surface area is 146 Å². The van der Waals surface area contributed by atoms with Gasteiger partial charge in [-0.1, -0.05) is 35.9 Å². The maximum absolute atomic E-state index is 12.3. The van der Waals surface area contributed by atoms with Crippen molar-refractivity contribution in [2.45, 2.75) is 32.4 Å². The van der Waals surface area contributed by atoms with E-state index in [2.05, 4.69) is 11.4 Å². The fourth-order valence-electron chi connectivity index (χ4n) is 2.90. The monoisotopic (exact) mass is 339 g/mol. The molecule has 5 heteroatoms. The molecule has 1 fully saturated rings. The number of amides is 1. The molecule has 1 aliphatic rings. The van der Waals surface area contributed by atoms with Crippen molar-refractivity contribution in [3.8, 4) is 5.75 Å². The zero-order chi connectivity index (χ0) is 17.8. The highest BCUT2D eigenvalue weighted by Crippen LogP contribution is 2.27. The van der Waals surface area contributed by atoms with Crippen LogP contribution in [0.4, 0.5) is 0 Å². The van der Waals surface area contributed by atoms with Gasteiger partial charge in [-0.05, 0) is 43.5 Å². The highest BCUT2D eigenvalue weighted by Gasteiger charge is 2.35. The SMILES string of the molecule is Cc1cccc(COc2cccc(C(=O)NC3CC(C(=O)O)C3)c2)c1. The fraction of sp³-hybridized carbons (Fsp3) is 0.300. The molecule has 1 aliphatic carbocycles. The van der Waals surface area contributed by atoms with Crippen LogP contribution in [0.1, 0.15) is 34.3 Å². The number of aliphatic carboxylic acids is 1. The lowest BCUT2D eigenvalue weighted by Crippen LogP contribution is -2.46. The molecule has 0 spiro atoms. The van der Waals surface area contributed by atoms with Gasteiger partial charge < -0.3 is 15.2 Å². The van der Waals surface area contributed by atoms with Gasteiger partial charge >= 0.3 is 5.97 Å². The first-order valence-corrected chi connectivity index (χ1v) is 8.33. The molecule has 0 radical (unpaired) electrons. The number of benzene rings is 2. The van der Waals surface area contributed by atoms with Crippen molar-refractivity contribution in [2.24, 2.45) is 5.92 Å². The van der Waals surface area contributed by atoms with Crippen molar-refractivity contribution >= 4 is 11.9 Å². The van der Waals surface area contributed by atoms with E-state index in [9.17, 15) is 9.59 Å². The number of carbonyl (C=O) groups excluding carboxylic acids is 1. The van der Waals surface area contributed by atoms with E-state index in [4.69, 9.17) is 9.84 Å². The summed E-state index contributed by atoms with van der Waals surface area (Å²) in [6.45, 7) is 2.47. The average molecular weight is 339 g/mol. The van der Waals surface area contributed by atoms with Crippen molar-refractivity contribution in [1.82, 2.24) is 5.32 Å². The first-order chi connectivity index (χ1) is 12.0. The van der Waals surface area contributed by atoms with Crippen LogP contribution in [-0.4, -0.2) is 23.0 Å². The van der Waals surface area contributed by atoms with Gasteiger partial charge in [-0.3, -0.25) is 9.59 Å². The van der Waals surface area contributed by atoms with Crippen LogP contribution in [-0.2, 0) is 11.4 Å². The van der Waals surface area contributed by atoms with E-state index in [1.807, 2.05) is 31.2 Å². The third-order valence-corrected chi connectivity index (χ3v) is 4.41. The Balaban J connectivity index is 1.56. The van der Waals surface area contributed by atoms with Crippen LogP contribution in [0.25, 0.3) is 0 Å². The number of carbonyl (C=O) groups is 2. The molecule has 2 aromatic rings. The molecule has 2 aromatic carbocycles. The van der Waals surface area contributed by atoms with Crippen LogP contribution < -0.4 is 10.1 Å². The van der Waals surface area contributed by atoms with Crippen LogP contribution in [0, 0.1) is 12.8 Å². The van der Waals surface area contributed by atoms with E-state index in [0.717, 1.165) is 5.56 Å². The summed E-state index contributed by atoms with van der Waals surface area (Å²) in [7, 11) is 0. The Hall–Kier alpha value is -2.82. The highest BCUT2D eigenvalue weighted by molar-refractivity contribution is 5.95. The molecule has 0 aromatic heterocycles. The summed E-state index contributed by atoms with van der Waals surface area (Å²) in [5.74, 6) is -0.702. The number of aryl methyl sites for hydroxylation is 1. The Bertz CT molecular complexity index is 781. The molecule has 2 N–H and O–H groups in total. The molecule has 1 amide bonds. The van der Waals surface area contributed by atoms with Gasteiger partial charge in [-0.15, -0.1) is 0 Å². The average Bonchev–Trinajstić information content (AvgIpc) is 2.55. The van der Waals surface area contributed by atoms with Gasteiger partial charge in [0, 0.05) is 11.6 Å². The molecule has 0 aliphatic heterocycles. The minimum absolute atomic E-state index is 0.0644. The van der Waals surface area contributed by atoms with Crippen molar-refractivity contribution in [1.29, 1.82) is 0 Å². The Morgan fingerprint density at radius 1 is 1.16 bits per heavy atom. The lowest BCUT2D eigenvalue weighted by atomic mass is 9.80. The fourth-order valence-corrected chi connectivity index (χ4v) is 2.90. The Kier molecular flexibility index (Phi) is 5.03. The second-order valence-corrected chi connectivity index (χ2v) is 6.48. The van der Waals surface area contributed by atoms with E-state index in [0.29, 0.717) is 30.8 Å². The van der Waals surface area contributed by atoms with Gasteiger partial charge in [0.2, 0.25) is 0 Å². The summed E-state index contributed by atoms with van der Waals surface area (Å²) >= 11 is 0. The normalized spacial score (nSPS) is 18.9. The summed E-state index contributed by atoms with van der Waals surface area (Å²) < 4.78 is 5.77. The minimum atomic E-state index is -0.794. The molecule has 0 saturated heterocycles. The largest absolute Gasteiger partial charge is 0.489 e. The zero-order valence-corrected chi connectivity index (χ0v) is 14.1. The van der Waals surface area contributed by atoms with Gasteiger partial charge in [-0.25, -0.2) is 0 Å². The molecule has 0 atom stereocenters. The molecule has 0 unspecified atom stereocenters. The first kappa shape index (κ1) is 17.0. The highest BCUT2D eigenvalue weighted by atomic mass is 16.5. The summed E-state index contributed by atoms with van der Waals surface area (Å²) in [5.41, 5.74) is 2.76. The van der Waals surface area contributed by atoms with Crippen LogP contribution in [0.2, 0.25) is 0 Å². The van der Waals surface area contributed by atoms with Gasteiger partial charge in [-0.2, -0.15) is 0 Å². The van der Waals surface area contributed by atoms with Crippen molar-refractivity contribution in [3.63, 3.8) is 0 Å². The van der Waals surface area contributed by atoms with Crippen LogP contribution in [0.5, 0.6) is 5.75 Å². The molecule has 25 heavy (non-hydrogen) atoms.